The van der Waals surface area contributed by atoms with Crippen LogP contribution in [0.5, 0.6) is 0 Å². The number of pyridine rings is 1. The Kier molecular flexibility index (Phi) is 4.22. The molecule has 2 fully saturated rings. The molecule has 4 heterocycles. The van der Waals surface area contributed by atoms with Crippen molar-refractivity contribution in [1.29, 1.82) is 0 Å². The molecule has 0 aliphatic heterocycles. The van der Waals surface area contributed by atoms with Crippen LogP contribution in [0.3, 0.4) is 0 Å². The summed E-state index contributed by atoms with van der Waals surface area (Å²) in [5.41, 5.74) is 2.20. The third-order valence-corrected chi connectivity index (χ3v) is 6.52. The molecule has 33 heavy (non-hydrogen) atoms. The maximum atomic E-state index is 13.9. The Bertz CT molecular complexity index is 1410. The Morgan fingerprint density at radius 2 is 2.12 bits per heavy atom. The van der Waals surface area contributed by atoms with Crippen molar-refractivity contribution in [3.63, 3.8) is 0 Å². The molecule has 4 aromatic rings. The summed E-state index contributed by atoms with van der Waals surface area (Å²) in [7, 11) is 1.72. The molecule has 2 unspecified atom stereocenters. The molecule has 0 radical (unpaired) electrons. The molecule has 3 atom stereocenters. The molecule has 2 aliphatic rings. The van der Waals surface area contributed by atoms with Gasteiger partial charge in [0, 0.05) is 42.9 Å². The van der Waals surface area contributed by atoms with Crippen LogP contribution in [0.4, 0.5) is 14.6 Å². The van der Waals surface area contributed by atoms with E-state index in [4.69, 9.17) is 4.98 Å². The summed E-state index contributed by atoms with van der Waals surface area (Å²) in [5, 5.41) is 20.7. The zero-order valence-electron chi connectivity index (χ0n) is 17.7. The predicted molar refractivity (Wildman–Crippen MR) is 116 cm³/mol. The van der Waals surface area contributed by atoms with Crippen LogP contribution < -0.4 is 10.6 Å². The van der Waals surface area contributed by atoms with Gasteiger partial charge in [0.1, 0.15) is 23.1 Å². The highest BCUT2D eigenvalue weighted by atomic mass is 19.3. The second kappa shape index (κ2) is 6.95. The van der Waals surface area contributed by atoms with Gasteiger partial charge >= 0.3 is 0 Å². The summed E-state index contributed by atoms with van der Waals surface area (Å²) >= 11 is 0. The first-order valence-electron chi connectivity index (χ1n) is 10.8. The Balaban J connectivity index is 1.48. The molecule has 0 spiro atoms. The first-order chi connectivity index (χ1) is 15.9. The number of nitrogens with zero attached hydrogens (tertiary/aromatic N) is 5. The van der Waals surface area contributed by atoms with Gasteiger partial charge < -0.3 is 20.3 Å². The van der Waals surface area contributed by atoms with Crippen LogP contribution in [0.2, 0.25) is 0 Å². The second-order valence-corrected chi connectivity index (χ2v) is 8.60. The van der Waals surface area contributed by atoms with E-state index in [1.165, 1.54) is 15.3 Å². The van der Waals surface area contributed by atoms with E-state index in [0.717, 1.165) is 0 Å². The van der Waals surface area contributed by atoms with E-state index in [-0.39, 0.29) is 23.9 Å². The van der Waals surface area contributed by atoms with E-state index in [1.807, 2.05) is 6.07 Å². The minimum absolute atomic E-state index is 0.221. The topological polar surface area (TPSA) is 109 Å². The van der Waals surface area contributed by atoms with Crippen molar-refractivity contribution in [2.45, 2.75) is 43.4 Å². The number of alkyl halides is 2. The highest BCUT2D eigenvalue weighted by Crippen LogP contribution is 2.54. The fourth-order valence-electron chi connectivity index (χ4n) is 4.36. The van der Waals surface area contributed by atoms with Crippen LogP contribution in [0.15, 0.2) is 36.8 Å². The van der Waals surface area contributed by atoms with Gasteiger partial charge in [0.25, 0.3) is 11.8 Å². The largest absolute Gasteiger partial charge is 0.391 e. The zero-order chi connectivity index (χ0) is 22.9. The molecule has 3 N–H and O–H groups in total. The number of aromatic nitrogens is 5. The number of anilines is 1. The number of nitrogens with one attached hydrogen (secondary N) is 2. The Morgan fingerprint density at radius 3 is 2.79 bits per heavy atom. The fourth-order valence-corrected chi connectivity index (χ4v) is 4.36. The molecule has 2 saturated carbocycles. The molecule has 9 nitrogen and oxygen atoms in total. The van der Waals surface area contributed by atoms with Gasteiger partial charge in [-0.05, 0) is 25.0 Å². The quantitative estimate of drug-likeness (QED) is 0.429. The normalized spacial score (nSPS) is 23.5. The van der Waals surface area contributed by atoms with E-state index in [2.05, 4.69) is 20.7 Å². The van der Waals surface area contributed by atoms with E-state index in [9.17, 15) is 18.7 Å². The lowest BCUT2D eigenvalue weighted by molar-refractivity contribution is 0.0448. The van der Waals surface area contributed by atoms with Gasteiger partial charge in [0.15, 0.2) is 5.65 Å². The van der Waals surface area contributed by atoms with E-state index >= 15 is 0 Å². The Morgan fingerprint density at radius 1 is 1.30 bits per heavy atom. The summed E-state index contributed by atoms with van der Waals surface area (Å²) < 4.78 is 30.8. The predicted octanol–water partition coefficient (Wildman–Crippen LogP) is 2.62. The number of halogens is 2. The molecule has 0 bridgehead atoms. The van der Waals surface area contributed by atoms with E-state index < -0.39 is 18.1 Å². The van der Waals surface area contributed by atoms with Gasteiger partial charge in [0.05, 0.1) is 24.0 Å². The van der Waals surface area contributed by atoms with Crippen molar-refractivity contribution >= 4 is 28.4 Å². The zero-order valence-corrected chi connectivity index (χ0v) is 17.7. The van der Waals surface area contributed by atoms with Crippen molar-refractivity contribution in [2.24, 2.45) is 0 Å². The lowest BCUT2D eigenvalue weighted by Crippen LogP contribution is -2.50. The van der Waals surface area contributed by atoms with Gasteiger partial charge in [-0.1, -0.05) is 0 Å². The Labute approximate surface area is 186 Å². The van der Waals surface area contributed by atoms with E-state index in [0.29, 0.717) is 46.6 Å². The molecule has 2 aliphatic carbocycles. The van der Waals surface area contributed by atoms with Gasteiger partial charge in [0.2, 0.25) is 0 Å². The number of carbonyl (C=O) groups excluding carboxylic acids is 1. The van der Waals surface area contributed by atoms with Crippen molar-refractivity contribution in [1.82, 2.24) is 29.5 Å². The number of aliphatic hydroxyl groups excluding tert-OH is 1. The van der Waals surface area contributed by atoms with Crippen LogP contribution in [0.1, 0.15) is 35.7 Å². The minimum Gasteiger partial charge on any atom is -0.391 e. The van der Waals surface area contributed by atoms with Gasteiger partial charge in [-0.15, -0.1) is 0 Å². The van der Waals surface area contributed by atoms with Crippen molar-refractivity contribution in [2.75, 3.05) is 12.4 Å². The fraction of sp³-hybridized carbons (Fsp3) is 0.364. The van der Waals surface area contributed by atoms with Crippen LogP contribution >= 0.6 is 0 Å². The van der Waals surface area contributed by atoms with Crippen molar-refractivity contribution in [3.8, 4) is 11.3 Å². The third kappa shape index (κ3) is 3.06. The van der Waals surface area contributed by atoms with Crippen LogP contribution in [-0.4, -0.2) is 60.3 Å². The van der Waals surface area contributed by atoms with E-state index in [1.54, 1.807) is 31.6 Å². The summed E-state index contributed by atoms with van der Waals surface area (Å²) in [6.07, 6.45) is 5.26. The van der Waals surface area contributed by atoms with Crippen molar-refractivity contribution < 1.29 is 18.7 Å². The Hall–Kier alpha value is -3.60. The number of rotatable bonds is 5. The summed E-state index contributed by atoms with van der Waals surface area (Å²) in [5.74, 6) is -2.54. The lowest BCUT2D eigenvalue weighted by atomic mass is 9.89. The average Bonchev–Trinajstić information content (AvgIpc) is 3.16. The molecule has 11 heteroatoms. The molecule has 6 rings (SSSR count). The number of hydrogen-bond acceptors (Lipinski definition) is 6. The smallest absolute Gasteiger partial charge is 0.270 e. The maximum absolute atomic E-state index is 13.9. The molecule has 1 amide bonds. The number of amides is 1. The SMILES string of the molecule is CNc1cc(-c2cn([C@H]3CC3(F)F)c3ncccc23)nc2c(C(=O)NC3CCC3O)cnn12. The standard InChI is InChI=1S/C22H21F2N7O2/c1-25-18-7-15(13-10-30(17-8-22(17,23)24)19-11(13)3-2-6-26-19)28-20-12(9-27-31(18)20)21(33)29-14-4-5-16(14)32/h2-3,6-7,9-10,14,16-17,25,32H,4-5,8H2,1H3,(H,29,33)/t14?,16?,17-/m0/s1. The van der Waals surface area contributed by atoms with Gasteiger partial charge in [-0.2, -0.15) is 9.61 Å². The molecule has 170 valence electrons. The molecule has 4 aromatic heterocycles. The van der Waals surface area contributed by atoms with Crippen LogP contribution in [-0.2, 0) is 0 Å². The molecule has 0 aromatic carbocycles. The molecular weight excluding hydrogens is 432 g/mol. The summed E-state index contributed by atoms with van der Waals surface area (Å²) in [6, 6.07) is 4.11. The number of fused-ring (bicyclic) bond motifs is 2. The summed E-state index contributed by atoms with van der Waals surface area (Å²) in [4.78, 5) is 21.9. The third-order valence-electron chi connectivity index (χ3n) is 6.52. The monoisotopic (exact) mass is 453 g/mol. The number of hydrogen-bond donors (Lipinski definition) is 3. The average molecular weight is 453 g/mol. The van der Waals surface area contributed by atoms with Crippen molar-refractivity contribution in [3.05, 3.63) is 42.4 Å². The second-order valence-electron chi connectivity index (χ2n) is 8.60. The highest BCUT2D eigenvalue weighted by Gasteiger charge is 2.58. The minimum atomic E-state index is -2.75. The lowest BCUT2D eigenvalue weighted by Gasteiger charge is -2.32. The first-order valence-corrected chi connectivity index (χ1v) is 10.8. The van der Waals surface area contributed by atoms with Crippen LogP contribution in [0.25, 0.3) is 27.9 Å². The maximum Gasteiger partial charge on any atom is 0.270 e. The van der Waals surface area contributed by atoms with Gasteiger partial charge in [-0.25, -0.2) is 18.7 Å². The molecular formula is C22H21F2N7O2. The number of aliphatic hydroxyl groups is 1. The highest BCUT2D eigenvalue weighted by molar-refractivity contribution is 6.01. The molecule has 0 saturated heterocycles. The summed E-state index contributed by atoms with van der Waals surface area (Å²) in [6.45, 7) is 0. The number of carbonyl (C=O) groups is 1. The first kappa shape index (κ1) is 20.0. The van der Waals surface area contributed by atoms with Gasteiger partial charge in [-0.3, -0.25) is 4.79 Å². The van der Waals surface area contributed by atoms with Crippen LogP contribution in [0, 0.1) is 0 Å².